The number of anilines is 1. The number of amides is 1. The lowest BCUT2D eigenvalue weighted by Gasteiger charge is -2.18. The first-order valence-electron chi connectivity index (χ1n) is 10.6. The number of benzene rings is 1. The molecule has 3 rings (SSSR count). The number of aromatic nitrogens is 3. The van der Waals surface area contributed by atoms with Crippen molar-refractivity contribution in [3.05, 3.63) is 29.3 Å². The average molecular weight is 496 g/mol. The third kappa shape index (κ3) is 5.51. The SMILES string of the molecule is CCCCn1c(SCc2csc(NC(C)=O)n2)nc2cc(S(=O)(=O)N(CC)CC)ccc21. The summed E-state index contributed by atoms with van der Waals surface area (Å²) in [5, 5.41) is 6.04. The minimum atomic E-state index is -3.54. The van der Waals surface area contributed by atoms with Crippen molar-refractivity contribution < 1.29 is 13.2 Å². The Morgan fingerprint density at radius 3 is 2.62 bits per heavy atom. The molecule has 0 radical (unpaired) electrons. The van der Waals surface area contributed by atoms with Gasteiger partial charge in [0.1, 0.15) is 0 Å². The summed E-state index contributed by atoms with van der Waals surface area (Å²) in [7, 11) is -3.54. The molecule has 0 aliphatic rings. The summed E-state index contributed by atoms with van der Waals surface area (Å²) in [6.45, 7) is 8.94. The van der Waals surface area contributed by atoms with Crippen LogP contribution >= 0.6 is 23.1 Å². The monoisotopic (exact) mass is 495 g/mol. The van der Waals surface area contributed by atoms with Crippen molar-refractivity contribution in [3.63, 3.8) is 0 Å². The first kappa shape index (κ1) is 24.7. The van der Waals surface area contributed by atoms with Crippen LogP contribution in [0.15, 0.2) is 33.6 Å². The Kier molecular flexibility index (Phi) is 8.32. The van der Waals surface area contributed by atoms with E-state index < -0.39 is 10.0 Å². The second kappa shape index (κ2) is 10.8. The molecule has 0 atom stereocenters. The summed E-state index contributed by atoms with van der Waals surface area (Å²) >= 11 is 2.95. The molecule has 0 aliphatic carbocycles. The number of sulfonamides is 1. The van der Waals surface area contributed by atoms with E-state index in [1.807, 2.05) is 25.3 Å². The number of nitrogens with zero attached hydrogens (tertiary/aromatic N) is 4. The Morgan fingerprint density at radius 2 is 1.97 bits per heavy atom. The molecule has 0 unspecified atom stereocenters. The second-order valence-electron chi connectivity index (χ2n) is 7.25. The van der Waals surface area contributed by atoms with Gasteiger partial charge in [0.25, 0.3) is 0 Å². The molecule has 0 spiro atoms. The Balaban J connectivity index is 1.91. The van der Waals surface area contributed by atoms with Crippen LogP contribution in [0.2, 0.25) is 0 Å². The van der Waals surface area contributed by atoms with Crippen LogP contribution in [-0.2, 0) is 27.1 Å². The summed E-state index contributed by atoms with van der Waals surface area (Å²) in [4.78, 5) is 20.7. The zero-order chi connectivity index (χ0) is 23.3. The number of imidazole rings is 1. The highest BCUT2D eigenvalue weighted by molar-refractivity contribution is 7.98. The number of unbranched alkanes of at least 4 members (excludes halogenated alkanes) is 1. The van der Waals surface area contributed by atoms with Crippen LogP contribution in [0.1, 0.15) is 46.2 Å². The van der Waals surface area contributed by atoms with Gasteiger partial charge in [0.05, 0.1) is 21.6 Å². The summed E-state index contributed by atoms with van der Waals surface area (Å²) in [6, 6.07) is 5.21. The third-order valence-corrected chi connectivity index (χ3v) is 8.81. The van der Waals surface area contributed by atoms with Crippen LogP contribution in [0.25, 0.3) is 11.0 Å². The van der Waals surface area contributed by atoms with E-state index in [0.29, 0.717) is 29.5 Å². The van der Waals surface area contributed by atoms with Crippen molar-refractivity contribution in [2.45, 2.75) is 62.9 Å². The Labute approximate surface area is 197 Å². The summed E-state index contributed by atoms with van der Waals surface area (Å²) in [6.07, 6.45) is 2.05. The molecule has 0 fully saturated rings. The molecule has 11 heteroatoms. The predicted molar refractivity (Wildman–Crippen MR) is 131 cm³/mol. The number of carbonyl (C=O) groups is 1. The zero-order valence-corrected chi connectivity index (χ0v) is 21.2. The van der Waals surface area contributed by atoms with Gasteiger partial charge in [0, 0.05) is 37.7 Å². The molecular formula is C21H29N5O3S3. The van der Waals surface area contributed by atoms with E-state index in [2.05, 4.69) is 21.8 Å². The van der Waals surface area contributed by atoms with Crippen molar-refractivity contribution in [2.75, 3.05) is 18.4 Å². The molecule has 32 heavy (non-hydrogen) atoms. The fourth-order valence-corrected chi connectivity index (χ4v) is 6.60. The van der Waals surface area contributed by atoms with Crippen molar-refractivity contribution in [1.29, 1.82) is 0 Å². The third-order valence-electron chi connectivity index (χ3n) is 4.95. The van der Waals surface area contributed by atoms with E-state index in [0.717, 1.165) is 35.8 Å². The van der Waals surface area contributed by atoms with Crippen LogP contribution in [0.4, 0.5) is 5.13 Å². The van der Waals surface area contributed by atoms with E-state index in [-0.39, 0.29) is 10.8 Å². The molecule has 8 nitrogen and oxygen atoms in total. The van der Waals surface area contributed by atoms with Crippen molar-refractivity contribution in [2.24, 2.45) is 0 Å². The lowest BCUT2D eigenvalue weighted by molar-refractivity contribution is -0.114. The highest BCUT2D eigenvalue weighted by atomic mass is 32.2. The molecule has 2 heterocycles. The van der Waals surface area contributed by atoms with Gasteiger partial charge >= 0.3 is 0 Å². The van der Waals surface area contributed by atoms with Crippen molar-refractivity contribution >= 4 is 55.2 Å². The quantitative estimate of drug-likeness (QED) is 0.391. The summed E-state index contributed by atoms with van der Waals surface area (Å²) in [5.41, 5.74) is 2.47. The van der Waals surface area contributed by atoms with Gasteiger partial charge in [-0.05, 0) is 24.6 Å². The number of rotatable bonds is 11. The average Bonchev–Trinajstić information content (AvgIpc) is 3.34. The van der Waals surface area contributed by atoms with Crippen LogP contribution in [-0.4, -0.2) is 46.3 Å². The van der Waals surface area contributed by atoms with Crippen LogP contribution in [0.5, 0.6) is 0 Å². The lowest BCUT2D eigenvalue weighted by atomic mass is 10.3. The van der Waals surface area contributed by atoms with Gasteiger partial charge in [-0.15, -0.1) is 11.3 Å². The number of hydrogen-bond acceptors (Lipinski definition) is 7. The maximum atomic E-state index is 12.9. The first-order valence-corrected chi connectivity index (χ1v) is 14.0. The molecule has 2 aromatic heterocycles. The lowest BCUT2D eigenvalue weighted by Crippen LogP contribution is -2.30. The predicted octanol–water partition coefficient (Wildman–Crippen LogP) is 4.57. The first-order chi connectivity index (χ1) is 15.3. The van der Waals surface area contributed by atoms with Gasteiger partial charge < -0.3 is 9.88 Å². The van der Waals surface area contributed by atoms with E-state index in [9.17, 15) is 13.2 Å². The van der Waals surface area contributed by atoms with Crippen molar-refractivity contribution in [1.82, 2.24) is 18.8 Å². The van der Waals surface area contributed by atoms with E-state index >= 15 is 0 Å². The Hall–Kier alpha value is -1.95. The van der Waals surface area contributed by atoms with E-state index in [4.69, 9.17) is 4.98 Å². The van der Waals surface area contributed by atoms with Gasteiger partial charge in [-0.1, -0.05) is 39.0 Å². The van der Waals surface area contributed by atoms with E-state index in [1.54, 1.807) is 23.9 Å². The molecule has 0 aliphatic heterocycles. The number of aryl methyl sites for hydroxylation is 1. The molecule has 1 aromatic carbocycles. The zero-order valence-electron chi connectivity index (χ0n) is 18.8. The maximum absolute atomic E-state index is 12.9. The number of thiazole rings is 1. The number of fused-ring (bicyclic) bond motifs is 1. The number of thioether (sulfide) groups is 1. The number of carbonyl (C=O) groups excluding carboxylic acids is 1. The number of hydrogen-bond donors (Lipinski definition) is 1. The normalized spacial score (nSPS) is 12.0. The van der Waals surface area contributed by atoms with Crippen LogP contribution in [0.3, 0.4) is 0 Å². The topological polar surface area (TPSA) is 97.2 Å². The molecule has 3 aromatic rings. The van der Waals surface area contributed by atoms with Gasteiger partial charge in [-0.25, -0.2) is 18.4 Å². The molecule has 0 saturated heterocycles. The number of nitrogens with one attached hydrogen (secondary N) is 1. The van der Waals surface area contributed by atoms with Gasteiger partial charge in [-0.3, -0.25) is 4.79 Å². The molecule has 0 saturated carbocycles. The Bertz CT molecular complexity index is 1180. The smallest absolute Gasteiger partial charge is 0.243 e. The molecule has 0 bridgehead atoms. The minimum absolute atomic E-state index is 0.143. The highest BCUT2D eigenvalue weighted by Gasteiger charge is 2.23. The fraction of sp³-hybridized carbons (Fsp3) is 0.476. The fourth-order valence-electron chi connectivity index (χ4n) is 3.32. The molecule has 1 amide bonds. The van der Waals surface area contributed by atoms with Gasteiger partial charge in [0.2, 0.25) is 15.9 Å². The molecular weight excluding hydrogens is 466 g/mol. The maximum Gasteiger partial charge on any atom is 0.243 e. The minimum Gasteiger partial charge on any atom is -0.319 e. The summed E-state index contributed by atoms with van der Waals surface area (Å²) in [5.74, 6) is 0.464. The van der Waals surface area contributed by atoms with E-state index in [1.165, 1.54) is 22.6 Å². The Morgan fingerprint density at radius 1 is 1.22 bits per heavy atom. The van der Waals surface area contributed by atoms with Crippen LogP contribution in [0, 0.1) is 0 Å². The molecule has 174 valence electrons. The standard InChI is InChI=1S/C21H29N5O3S3/c1-5-8-11-26-19-10-9-17(32(28,29)25(6-2)7-3)12-18(19)24-21(26)31-14-16-13-30-20(23-16)22-15(4)27/h9-10,12-13H,5-8,11,14H2,1-4H3,(H,22,23,27). The summed E-state index contributed by atoms with van der Waals surface area (Å²) < 4.78 is 29.5. The second-order valence-corrected chi connectivity index (χ2v) is 11.0. The van der Waals surface area contributed by atoms with Crippen molar-refractivity contribution in [3.8, 4) is 0 Å². The van der Waals surface area contributed by atoms with Gasteiger partial charge in [-0.2, -0.15) is 4.31 Å². The highest BCUT2D eigenvalue weighted by Crippen LogP contribution is 2.30. The van der Waals surface area contributed by atoms with Gasteiger partial charge in [0.15, 0.2) is 10.3 Å². The van der Waals surface area contributed by atoms with Crippen LogP contribution < -0.4 is 5.32 Å². The molecule has 1 N–H and O–H groups in total. The largest absolute Gasteiger partial charge is 0.319 e.